The van der Waals surface area contributed by atoms with Crippen LogP contribution >= 0.6 is 11.3 Å². The summed E-state index contributed by atoms with van der Waals surface area (Å²) < 4.78 is 0. The van der Waals surface area contributed by atoms with Crippen LogP contribution in [0, 0.1) is 13.8 Å². The zero-order chi connectivity index (χ0) is 13.0. The van der Waals surface area contributed by atoms with Crippen molar-refractivity contribution in [3.05, 3.63) is 45.7 Å². The Bertz CT molecular complexity index is 507. The van der Waals surface area contributed by atoms with Crippen LogP contribution in [-0.2, 0) is 0 Å². The van der Waals surface area contributed by atoms with Gasteiger partial charge in [-0.3, -0.25) is 4.98 Å². The number of nitrogens with zero attached hydrogens (tertiary/aromatic N) is 2. The second kappa shape index (κ2) is 6.07. The standard InChI is InChI=1S/C14H19N3S/c1-4-6-16-14(13-9-18-11(3)17-13)12-8-15-7-5-10(12)2/h5,7-9,14,16H,4,6H2,1-3H3. The minimum absolute atomic E-state index is 0.156. The van der Waals surface area contributed by atoms with E-state index in [9.17, 15) is 0 Å². The van der Waals surface area contributed by atoms with E-state index >= 15 is 0 Å². The van der Waals surface area contributed by atoms with Gasteiger partial charge < -0.3 is 5.32 Å². The van der Waals surface area contributed by atoms with Gasteiger partial charge in [-0.15, -0.1) is 11.3 Å². The topological polar surface area (TPSA) is 37.8 Å². The first-order valence-electron chi connectivity index (χ1n) is 6.28. The third-order valence-corrected chi connectivity index (χ3v) is 3.71. The molecule has 0 radical (unpaired) electrons. The van der Waals surface area contributed by atoms with Crippen molar-refractivity contribution in [2.45, 2.75) is 33.2 Å². The van der Waals surface area contributed by atoms with E-state index in [0.717, 1.165) is 23.7 Å². The lowest BCUT2D eigenvalue weighted by Crippen LogP contribution is -2.24. The zero-order valence-corrected chi connectivity index (χ0v) is 11.9. The van der Waals surface area contributed by atoms with Crippen molar-refractivity contribution < 1.29 is 0 Å². The highest BCUT2D eigenvalue weighted by molar-refractivity contribution is 7.09. The van der Waals surface area contributed by atoms with Crippen molar-refractivity contribution in [2.24, 2.45) is 0 Å². The highest BCUT2D eigenvalue weighted by Gasteiger charge is 2.17. The number of rotatable bonds is 5. The van der Waals surface area contributed by atoms with E-state index < -0.39 is 0 Å². The first-order valence-corrected chi connectivity index (χ1v) is 7.16. The maximum atomic E-state index is 4.61. The highest BCUT2D eigenvalue weighted by atomic mass is 32.1. The molecule has 0 bridgehead atoms. The van der Waals surface area contributed by atoms with Gasteiger partial charge in [0.15, 0.2) is 0 Å². The minimum atomic E-state index is 0.156. The largest absolute Gasteiger partial charge is 0.305 e. The normalized spacial score (nSPS) is 12.6. The summed E-state index contributed by atoms with van der Waals surface area (Å²) in [5, 5.41) is 6.80. The molecule has 0 aliphatic carbocycles. The second-order valence-corrected chi connectivity index (χ2v) is 5.47. The molecular weight excluding hydrogens is 242 g/mol. The van der Waals surface area contributed by atoms with Gasteiger partial charge >= 0.3 is 0 Å². The third-order valence-electron chi connectivity index (χ3n) is 2.92. The lowest BCUT2D eigenvalue weighted by atomic mass is 10.0. The van der Waals surface area contributed by atoms with E-state index in [1.54, 1.807) is 11.3 Å². The fourth-order valence-corrected chi connectivity index (χ4v) is 2.59. The van der Waals surface area contributed by atoms with Crippen LogP contribution in [0.1, 0.15) is 41.2 Å². The molecule has 96 valence electrons. The van der Waals surface area contributed by atoms with E-state index in [0.29, 0.717) is 0 Å². The second-order valence-electron chi connectivity index (χ2n) is 4.41. The zero-order valence-electron chi connectivity index (χ0n) is 11.1. The van der Waals surface area contributed by atoms with Crippen LogP contribution in [0.5, 0.6) is 0 Å². The fourth-order valence-electron chi connectivity index (χ4n) is 1.95. The van der Waals surface area contributed by atoms with Crippen LogP contribution < -0.4 is 5.32 Å². The molecule has 2 aromatic heterocycles. The van der Waals surface area contributed by atoms with Crippen LogP contribution in [-0.4, -0.2) is 16.5 Å². The molecule has 0 amide bonds. The van der Waals surface area contributed by atoms with Gasteiger partial charge in [0, 0.05) is 17.8 Å². The molecule has 0 fully saturated rings. The van der Waals surface area contributed by atoms with Gasteiger partial charge in [-0.05, 0) is 44.0 Å². The summed E-state index contributed by atoms with van der Waals surface area (Å²) in [5.74, 6) is 0. The predicted molar refractivity (Wildman–Crippen MR) is 76.0 cm³/mol. The summed E-state index contributed by atoms with van der Waals surface area (Å²) in [6.07, 6.45) is 4.89. The van der Waals surface area contributed by atoms with E-state index in [1.807, 2.05) is 19.3 Å². The molecule has 18 heavy (non-hydrogen) atoms. The van der Waals surface area contributed by atoms with Crippen LogP contribution in [0.4, 0.5) is 0 Å². The first kappa shape index (κ1) is 13.2. The smallest absolute Gasteiger partial charge is 0.0898 e. The molecule has 0 spiro atoms. The number of nitrogens with one attached hydrogen (secondary N) is 1. The average molecular weight is 261 g/mol. The maximum absolute atomic E-state index is 4.61. The maximum Gasteiger partial charge on any atom is 0.0898 e. The van der Waals surface area contributed by atoms with Gasteiger partial charge in [0.2, 0.25) is 0 Å². The Morgan fingerprint density at radius 1 is 1.39 bits per heavy atom. The van der Waals surface area contributed by atoms with Crippen LogP contribution in [0.2, 0.25) is 0 Å². The lowest BCUT2D eigenvalue weighted by molar-refractivity contribution is 0.584. The molecule has 2 aromatic rings. The molecule has 2 heterocycles. The molecule has 1 N–H and O–H groups in total. The molecular formula is C14H19N3S. The van der Waals surface area contributed by atoms with Gasteiger partial charge in [-0.1, -0.05) is 6.92 Å². The Morgan fingerprint density at radius 2 is 2.22 bits per heavy atom. The summed E-state index contributed by atoms with van der Waals surface area (Å²) >= 11 is 1.70. The predicted octanol–water partition coefficient (Wildman–Crippen LogP) is 3.24. The number of pyridine rings is 1. The Morgan fingerprint density at radius 3 is 2.83 bits per heavy atom. The van der Waals surface area contributed by atoms with E-state index in [4.69, 9.17) is 0 Å². The van der Waals surface area contributed by atoms with Crippen molar-refractivity contribution in [1.82, 2.24) is 15.3 Å². The van der Waals surface area contributed by atoms with Crippen molar-refractivity contribution in [1.29, 1.82) is 0 Å². The number of hydrogen-bond donors (Lipinski definition) is 1. The summed E-state index contributed by atoms with van der Waals surface area (Å²) in [6.45, 7) is 7.32. The van der Waals surface area contributed by atoms with Crippen LogP contribution in [0.15, 0.2) is 23.8 Å². The highest BCUT2D eigenvalue weighted by Crippen LogP contribution is 2.25. The van der Waals surface area contributed by atoms with Crippen LogP contribution in [0.3, 0.4) is 0 Å². The molecule has 4 heteroatoms. The van der Waals surface area contributed by atoms with Crippen molar-refractivity contribution in [3.8, 4) is 0 Å². The van der Waals surface area contributed by atoms with Crippen LogP contribution in [0.25, 0.3) is 0 Å². The number of hydrogen-bond acceptors (Lipinski definition) is 4. The van der Waals surface area contributed by atoms with Gasteiger partial charge in [0.05, 0.1) is 16.7 Å². The third kappa shape index (κ3) is 2.94. The quantitative estimate of drug-likeness (QED) is 0.898. The molecule has 0 aliphatic rings. The average Bonchev–Trinajstić information content (AvgIpc) is 2.78. The van der Waals surface area contributed by atoms with Gasteiger partial charge in [0.1, 0.15) is 0 Å². The minimum Gasteiger partial charge on any atom is -0.305 e. The molecule has 1 unspecified atom stereocenters. The number of aryl methyl sites for hydroxylation is 2. The Hall–Kier alpha value is -1.26. The van der Waals surface area contributed by atoms with E-state index in [2.05, 4.69) is 40.6 Å². The van der Waals surface area contributed by atoms with E-state index in [-0.39, 0.29) is 6.04 Å². The number of thiazole rings is 1. The molecule has 3 nitrogen and oxygen atoms in total. The van der Waals surface area contributed by atoms with Crippen molar-refractivity contribution >= 4 is 11.3 Å². The lowest BCUT2D eigenvalue weighted by Gasteiger charge is -2.18. The molecule has 0 saturated heterocycles. The SMILES string of the molecule is CCCNC(c1csc(C)n1)c1cnccc1C. The van der Waals surface area contributed by atoms with E-state index in [1.165, 1.54) is 11.1 Å². The molecule has 1 atom stereocenters. The first-order chi connectivity index (χ1) is 8.72. The van der Waals surface area contributed by atoms with Crippen molar-refractivity contribution in [3.63, 3.8) is 0 Å². The molecule has 0 aliphatic heterocycles. The monoisotopic (exact) mass is 261 g/mol. The summed E-state index contributed by atoms with van der Waals surface area (Å²) in [7, 11) is 0. The Kier molecular flexibility index (Phi) is 4.44. The Balaban J connectivity index is 2.33. The molecule has 0 aromatic carbocycles. The fraction of sp³-hybridized carbons (Fsp3) is 0.429. The molecule has 0 saturated carbocycles. The summed E-state index contributed by atoms with van der Waals surface area (Å²) in [6, 6.07) is 2.21. The van der Waals surface area contributed by atoms with Crippen molar-refractivity contribution in [2.75, 3.05) is 6.54 Å². The summed E-state index contributed by atoms with van der Waals surface area (Å²) in [4.78, 5) is 8.85. The number of aromatic nitrogens is 2. The molecule has 2 rings (SSSR count). The Labute approximate surface area is 112 Å². The summed E-state index contributed by atoms with van der Waals surface area (Å²) in [5.41, 5.74) is 3.57. The van der Waals surface area contributed by atoms with Gasteiger partial charge in [0.25, 0.3) is 0 Å². The van der Waals surface area contributed by atoms with Gasteiger partial charge in [-0.2, -0.15) is 0 Å². The van der Waals surface area contributed by atoms with Gasteiger partial charge in [-0.25, -0.2) is 4.98 Å².